The van der Waals surface area contributed by atoms with Gasteiger partial charge in [-0.05, 0) is 24.7 Å². The van der Waals surface area contributed by atoms with Crippen molar-refractivity contribution in [1.82, 2.24) is 0 Å². The minimum Gasteiger partial charge on any atom is -0.303 e. The molecule has 2 unspecified atom stereocenters. The summed E-state index contributed by atoms with van der Waals surface area (Å²) >= 11 is 0. The van der Waals surface area contributed by atoms with Crippen molar-refractivity contribution >= 4 is 6.29 Å². The van der Waals surface area contributed by atoms with E-state index in [1.807, 2.05) is 0 Å². The van der Waals surface area contributed by atoms with Crippen LogP contribution in [0.25, 0.3) is 0 Å². The van der Waals surface area contributed by atoms with Gasteiger partial charge in [0.05, 0.1) is 0 Å². The van der Waals surface area contributed by atoms with Crippen molar-refractivity contribution in [3.05, 3.63) is 0 Å². The zero-order valence-electron chi connectivity index (χ0n) is 10.2. The number of rotatable bonds is 7. The van der Waals surface area contributed by atoms with Gasteiger partial charge < -0.3 is 4.79 Å². The van der Waals surface area contributed by atoms with Crippen molar-refractivity contribution in [2.45, 2.75) is 71.1 Å². The first kappa shape index (κ1) is 12.7. The summed E-state index contributed by atoms with van der Waals surface area (Å²) in [6, 6.07) is 0. The maximum absolute atomic E-state index is 10.3. The topological polar surface area (TPSA) is 17.1 Å². The summed E-state index contributed by atoms with van der Waals surface area (Å²) in [7, 11) is 0. The van der Waals surface area contributed by atoms with Crippen LogP contribution < -0.4 is 0 Å². The fourth-order valence-corrected chi connectivity index (χ4v) is 2.91. The van der Waals surface area contributed by atoms with Gasteiger partial charge in [0.1, 0.15) is 6.29 Å². The molecule has 0 bridgehead atoms. The second kappa shape index (κ2) is 7.90. The van der Waals surface area contributed by atoms with E-state index in [2.05, 4.69) is 6.92 Å². The highest BCUT2D eigenvalue weighted by Crippen LogP contribution is 2.34. The number of unbranched alkanes of at least 4 members (excludes halogenated alkanes) is 2. The molecule has 88 valence electrons. The van der Waals surface area contributed by atoms with Crippen molar-refractivity contribution < 1.29 is 4.79 Å². The molecule has 1 fully saturated rings. The van der Waals surface area contributed by atoms with Crippen LogP contribution >= 0.6 is 0 Å². The second-order valence-corrected chi connectivity index (χ2v) is 5.14. The van der Waals surface area contributed by atoms with Gasteiger partial charge in [-0.3, -0.25) is 0 Å². The lowest BCUT2D eigenvalue weighted by Crippen LogP contribution is -2.15. The third-order valence-corrected chi connectivity index (χ3v) is 3.79. The SMILES string of the molecule is CCCCC1CCCC(CCCC=O)C1. The van der Waals surface area contributed by atoms with E-state index in [0.717, 1.165) is 31.0 Å². The van der Waals surface area contributed by atoms with Gasteiger partial charge in [0.15, 0.2) is 0 Å². The molecule has 15 heavy (non-hydrogen) atoms. The Bertz CT molecular complexity index is 165. The number of hydrogen-bond acceptors (Lipinski definition) is 1. The zero-order valence-corrected chi connectivity index (χ0v) is 10.2. The van der Waals surface area contributed by atoms with Crippen LogP contribution in [0.3, 0.4) is 0 Å². The first-order chi connectivity index (χ1) is 7.36. The van der Waals surface area contributed by atoms with E-state index in [4.69, 9.17) is 0 Å². The number of aldehydes is 1. The molecule has 1 aliphatic rings. The minimum absolute atomic E-state index is 0.774. The molecule has 2 atom stereocenters. The predicted octanol–water partition coefficient (Wildman–Crippen LogP) is 4.35. The Kier molecular flexibility index (Phi) is 6.71. The lowest BCUT2D eigenvalue weighted by atomic mass is 9.77. The maximum atomic E-state index is 10.3. The molecule has 1 nitrogen and oxygen atoms in total. The molecule has 0 aromatic carbocycles. The van der Waals surface area contributed by atoms with E-state index in [1.54, 1.807) is 0 Å². The lowest BCUT2D eigenvalue weighted by Gasteiger charge is -2.29. The molecule has 1 rings (SSSR count). The summed E-state index contributed by atoms with van der Waals surface area (Å²) in [5.74, 6) is 1.93. The average Bonchev–Trinajstić information content (AvgIpc) is 2.27. The van der Waals surface area contributed by atoms with Gasteiger partial charge >= 0.3 is 0 Å². The minimum atomic E-state index is 0.774. The van der Waals surface area contributed by atoms with Crippen LogP contribution in [-0.2, 0) is 4.79 Å². The molecular weight excluding hydrogens is 184 g/mol. The molecule has 1 aliphatic carbocycles. The van der Waals surface area contributed by atoms with Gasteiger partial charge in [-0.2, -0.15) is 0 Å². The summed E-state index contributed by atoms with van der Waals surface area (Å²) in [6.45, 7) is 2.28. The average molecular weight is 210 g/mol. The molecule has 0 aromatic rings. The molecule has 0 aliphatic heterocycles. The Labute approximate surface area is 94.6 Å². The zero-order chi connectivity index (χ0) is 10.9. The molecule has 1 heteroatoms. The van der Waals surface area contributed by atoms with Crippen molar-refractivity contribution in [3.8, 4) is 0 Å². The van der Waals surface area contributed by atoms with Crippen LogP contribution in [0.4, 0.5) is 0 Å². The number of carbonyl (C=O) groups excluding carboxylic acids is 1. The molecule has 0 N–H and O–H groups in total. The maximum Gasteiger partial charge on any atom is 0.119 e. The second-order valence-electron chi connectivity index (χ2n) is 5.14. The number of hydrogen-bond donors (Lipinski definition) is 0. The molecule has 0 amide bonds. The fraction of sp³-hybridized carbons (Fsp3) is 0.929. The number of carbonyl (C=O) groups is 1. The molecule has 0 spiro atoms. The van der Waals surface area contributed by atoms with Crippen molar-refractivity contribution in [2.24, 2.45) is 11.8 Å². The van der Waals surface area contributed by atoms with Gasteiger partial charge in [0.25, 0.3) is 0 Å². The summed E-state index contributed by atoms with van der Waals surface area (Å²) in [5, 5.41) is 0. The van der Waals surface area contributed by atoms with Crippen LogP contribution in [0.1, 0.15) is 71.1 Å². The monoisotopic (exact) mass is 210 g/mol. The van der Waals surface area contributed by atoms with Crippen LogP contribution in [0.2, 0.25) is 0 Å². The summed E-state index contributed by atoms with van der Waals surface area (Å²) in [6.07, 6.45) is 14.2. The van der Waals surface area contributed by atoms with Crippen LogP contribution in [0, 0.1) is 11.8 Å². The van der Waals surface area contributed by atoms with E-state index in [-0.39, 0.29) is 0 Å². The van der Waals surface area contributed by atoms with Crippen molar-refractivity contribution in [2.75, 3.05) is 0 Å². The summed E-state index contributed by atoms with van der Waals surface area (Å²) in [4.78, 5) is 10.3. The Balaban J connectivity index is 2.13. The highest BCUT2D eigenvalue weighted by atomic mass is 16.1. The quantitative estimate of drug-likeness (QED) is 0.451. The molecule has 0 aromatic heterocycles. The van der Waals surface area contributed by atoms with Crippen LogP contribution in [0.15, 0.2) is 0 Å². The van der Waals surface area contributed by atoms with Gasteiger partial charge in [0, 0.05) is 6.42 Å². The predicted molar refractivity (Wildman–Crippen MR) is 64.9 cm³/mol. The summed E-state index contributed by atoms with van der Waals surface area (Å²) in [5.41, 5.74) is 0. The molecule has 0 heterocycles. The lowest BCUT2D eigenvalue weighted by molar-refractivity contribution is -0.108. The molecular formula is C14H26O. The van der Waals surface area contributed by atoms with Crippen molar-refractivity contribution in [1.29, 1.82) is 0 Å². The first-order valence-electron chi connectivity index (χ1n) is 6.80. The summed E-state index contributed by atoms with van der Waals surface area (Å²) < 4.78 is 0. The van der Waals surface area contributed by atoms with E-state index < -0.39 is 0 Å². The van der Waals surface area contributed by atoms with Gasteiger partial charge in [-0.25, -0.2) is 0 Å². The Morgan fingerprint density at radius 1 is 1.13 bits per heavy atom. The third-order valence-electron chi connectivity index (χ3n) is 3.79. The highest BCUT2D eigenvalue weighted by Gasteiger charge is 2.20. The normalized spacial score (nSPS) is 26.5. The van der Waals surface area contributed by atoms with Crippen LogP contribution in [0.5, 0.6) is 0 Å². The largest absolute Gasteiger partial charge is 0.303 e. The van der Waals surface area contributed by atoms with E-state index in [1.165, 1.54) is 51.4 Å². The standard InChI is InChI=1S/C14H26O/c1-2-3-7-13-9-6-10-14(12-13)8-4-5-11-15/h11,13-14H,2-10,12H2,1H3. The third kappa shape index (κ3) is 5.34. The van der Waals surface area contributed by atoms with Crippen LogP contribution in [-0.4, -0.2) is 6.29 Å². The van der Waals surface area contributed by atoms with Crippen molar-refractivity contribution in [3.63, 3.8) is 0 Å². The van der Waals surface area contributed by atoms with E-state index in [0.29, 0.717) is 0 Å². The molecule has 0 radical (unpaired) electrons. The Morgan fingerprint density at radius 3 is 2.40 bits per heavy atom. The first-order valence-corrected chi connectivity index (χ1v) is 6.80. The molecule has 1 saturated carbocycles. The molecule has 0 saturated heterocycles. The smallest absolute Gasteiger partial charge is 0.119 e. The fourth-order valence-electron chi connectivity index (χ4n) is 2.91. The van der Waals surface area contributed by atoms with E-state index >= 15 is 0 Å². The highest BCUT2D eigenvalue weighted by molar-refractivity contribution is 5.48. The van der Waals surface area contributed by atoms with Gasteiger partial charge in [0.2, 0.25) is 0 Å². The van der Waals surface area contributed by atoms with E-state index in [9.17, 15) is 4.79 Å². The Morgan fingerprint density at radius 2 is 1.80 bits per heavy atom. The Hall–Kier alpha value is -0.330. The van der Waals surface area contributed by atoms with Gasteiger partial charge in [-0.1, -0.05) is 51.9 Å². The van der Waals surface area contributed by atoms with Gasteiger partial charge in [-0.15, -0.1) is 0 Å².